The molecule has 106 valence electrons. The molecular weight excluding hydrogens is 260 g/mol. The second-order valence-corrected chi connectivity index (χ2v) is 7.73. The van der Waals surface area contributed by atoms with Crippen molar-refractivity contribution >= 4 is 28.1 Å². The number of anilines is 2. The lowest BCUT2D eigenvalue weighted by Gasteiger charge is -2.17. The number of benzene rings is 1. The molecule has 3 N–H and O–H groups in total. The van der Waals surface area contributed by atoms with Crippen molar-refractivity contribution in [1.82, 2.24) is 0 Å². The van der Waals surface area contributed by atoms with Gasteiger partial charge in [-0.3, -0.25) is 9.00 Å². The fourth-order valence-corrected chi connectivity index (χ4v) is 2.51. The molecule has 19 heavy (non-hydrogen) atoms. The van der Waals surface area contributed by atoms with Crippen molar-refractivity contribution in [2.24, 2.45) is 0 Å². The first-order valence-electron chi connectivity index (χ1n) is 6.33. The summed E-state index contributed by atoms with van der Waals surface area (Å²) in [4.78, 5) is 11.7. The van der Waals surface area contributed by atoms with Gasteiger partial charge in [0.05, 0.1) is 11.4 Å². The summed E-state index contributed by atoms with van der Waals surface area (Å²) in [5.41, 5.74) is 6.92. The van der Waals surface area contributed by atoms with E-state index in [1.807, 2.05) is 32.9 Å². The Labute approximate surface area is 117 Å². The van der Waals surface area contributed by atoms with Gasteiger partial charge < -0.3 is 11.1 Å². The maximum Gasteiger partial charge on any atom is 0.224 e. The number of rotatable bonds is 5. The summed E-state index contributed by atoms with van der Waals surface area (Å²) in [6.07, 6.45) is 0.971. The molecule has 0 aliphatic rings. The molecule has 0 bridgehead atoms. The molecule has 0 aromatic heterocycles. The van der Waals surface area contributed by atoms with Crippen LogP contribution in [0.1, 0.15) is 33.6 Å². The SMILES string of the molecule is CC(C)(C)S(=O)CCCC(=O)Nc1ccccc1N. The normalized spacial score (nSPS) is 13.0. The van der Waals surface area contributed by atoms with Crippen molar-refractivity contribution < 1.29 is 9.00 Å². The Morgan fingerprint density at radius 3 is 2.53 bits per heavy atom. The highest BCUT2D eigenvalue weighted by atomic mass is 32.2. The molecule has 1 amide bonds. The largest absolute Gasteiger partial charge is 0.397 e. The van der Waals surface area contributed by atoms with E-state index in [2.05, 4.69) is 5.32 Å². The fourth-order valence-electron chi connectivity index (χ4n) is 1.49. The number of amides is 1. The van der Waals surface area contributed by atoms with Crippen molar-refractivity contribution in [1.29, 1.82) is 0 Å². The van der Waals surface area contributed by atoms with Crippen LogP contribution in [0, 0.1) is 0 Å². The Hall–Kier alpha value is -1.36. The van der Waals surface area contributed by atoms with Crippen LogP contribution in [0.3, 0.4) is 0 Å². The van der Waals surface area contributed by atoms with E-state index in [1.165, 1.54) is 0 Å². The molecule has 0 saturated carbocycles. The summed E-state index contributed by atoms with van der Waals surface area (Å²) in [5.74, 6) is 0.449. The van der Waals surface area contributed by atoms with E-state index < -0.39 is 10.8 Å². The minimum Gasteiger partial charge on any atom is -0.397 e. The van der Waals surface area contributed by atoms with E-state index in [0.717, 1.165) is 0 Å². The Morgan fingerprint density at radius 1 is 1.32 bits per heavy atom. The molecule has 1 rings (SSSR count). The second kappa shape index (κ2) is 6.70. The third-order valence-corrected chi connectivity index (χ3v) is 4.68. The lowest BCUT2D eigenvalue weighted by molar-refractivity contribution is -0.116. The summed E-state index contributed by atoms with van der Waals surface area (Å²) in [5, 5.41) is 2.76. The molecule has 4 nitrogen and oxygen atoms in total. The zero-order valence-electron chi connectivity index (χ0n) is 11.7. The quantitative estimate of drug-likeness (QED) is 0.815. The van der Waals surface area contributed by atoms with Gasteiger partial charge in [0.1, 0.15) is 0 Å². The van der Waals surface area contributed by atoms with Gasteiger partial charge in [-0.25, -0.2) is 0 Å². The van der Waals surface area contributed by atoms with Gasteiger partial charge in [-0.1, -0.05) is 12.1 Å². The predicted molar refractivity (Wildman–Crippen MR) is 81.5 cm³/mol. The summed E-state index contributed by atoms with van der Waals surface area (Å²) in [7, 11) is -0.909. The zero-order valence-corrected chi connectivity index (χ0v) is 12.5. The molecule has 1 unspecified atom stereocenters. The van der Waals surface area contributed by atoms with Gasteiger partial charge in [0.2, 0.25) is 5.91 Å². The maximum absolute atomic E-state index is 11.8. The molecule has 0 radical (unpaired) electrons. The fraction of sp³-hybridized carbons (Fsp3) is 0.500. The Morgan fingerprint density at radius 2 is 1.95 bits per heavy atom. The number of nitrogen functional groups attached to an aromatic ring is 1. The summed E-state index contributed by atoms with van der Waals surface area (Å²) < 4.78 is 11.6. The first kappa shape index (κ1) is 15.7. The number of carbonyl (C=O) groups is 1. The Balaban J connectivity index is 2.37. The van der Waals surface area contributed by atoms with E-state index in [9.17, 15) is 9.00 Å². The summed E-state index contributed by atoms with van der Waals surface area (Å²) in [6, 6.07) is 7.14. The van der Waals surface area contributed by atoms with Crippen LogP contribution in [-0.2, 0) is 15.6 Å². The highest BCUT2D eigenvalue weighted by molar-refractivity contribution is 7.86. The molecular formula is C14H22N2O2S. The number of carbonyl (C=O) groups excluding carboxylic acids is 1. The monoisotopic (exact) mass is 282 g/mol. The van der Waals surface area contributed by atoms with Crippen LogP contribution in [0.25, 0.3) is 0 Å². The molecule has 0 spiro atoms. The summed E-state index contributed by atoms with van der Waals surface area (Å²) >= 11 is 0. The van der Waals surface area contributed by atoms with Gasteiger partial charge in [0, 0.05) is 27.7 Å². The van der Waals surface area contributed by atoms with Crippen molar-refractivity contribution in [2.45, 2.75) is 38.4 Å². The van der Waals surface area contributed by atoms with E-state index in [4.69, 9.17) is 5.73 Å². The molecule has 0 aliphatic carbocycles. The van der Waals surface area contributed by atoms with Gasteiger partial charge in [-0.15, -0.1) is 0 Å². The van der Waals surface area contributed by atoms with Crippen LogP contribution in [-0.4, -0.2) is 20.6 Å². The summed E-state index contributed by atoms with van der Waals surface area (Å²) in [6.45, 7) is 5.82. The highest BCUT2D eigenvalue weighted by Crippen LogP contribution is 2.17. The number of nitrogens with one attached hydrogen (secondary N) is 1. The molecule has 1 aromatic rings. The topological polar surface area (TPSA) is 72.2 Å². The zero-order chi connectivity index (χ0) is 14.5. The average Bonchev–Trinajstić information content (AvgIpc) is 2.31. The van der Waals surface area contributed by atoms with Crippen molar-refractivity contribution in [2.75, 3.05) is 16.8 Å². The van der Waals surface area contributed by atoms with Crippen LogP contribution < -0.4 is 11.1 Å². The van der Waals surface area contributed by atoms with Crippen LogP contribution in [0.2, 0.25) is 0 Å². The molecule has 0 aliphatic heterocycles. The van der Waals surface area contributed by atoms with E-state index in [1.54, 1.807) is 12.1 Å². The van der Waals surface area contributed by atoms with Gasteiger partial charge in [-0.2, -0.15) is 0 Å². The minimum atomic E-state index is -0.909. The van der Waals surface area contributed by atoms with Gasteiger partial charge in [0.25, 0.3) is 0 Å². The predicted octanol–water partition coefficient (Wildman–Crippen LogP) is 2.53. The van der Waals surface area contributed by atoms with Crippen LogP contribution >= 0.6 is 0 Å². The Kier molecular flexibility index (Phi) is 5.54. The van der Waals surface area contributed by atoms with Crippen molar-refractivity contribution in [3.05, 3.63) is 24.3 Å². The average molecular weight is 282 g/mol. The van der Waals surface area contributed by atoms with Crippen LogP contribution in [0.15, 0.2) is 24.3 Å². The lowest BCUT2D eigenvalue weighted by atomic mass is 10.2. The molecule has 1 aromatic carbocycles. The second-order valence-electron chi connectivity index (χ2n) is 5.40. The first-order chi connectivity index (χ1) is 8.80. The molecule has 1 atom stereocenters. The van der Waals surface area contributed by atoms with Gasteiger partial charge in [-0.05, 0) is 39.3 Å². The molecule has 0 saturated heterocycles. The number of hydrogen-bond donors (Lipinski definition) is 2. The molecule has 0 heterocycles. The van der Waals surface area contributed by atoms with Gasteiger partial charge in [0.15, 0.2) is 0 Å². The smallest absolute Gasteiger partial charge is 0.224 e. The van der Waals surface area contributed by atoms with Crippen molar-refractivity contribution in [3.8, 4) is 0 Å². The Bertz CT molecular complexity index is 467. The number of nitrogens with two attached hydrogens (primary N) is 1. The van der Waals surface area contributed by atoms with Gasteiger partial charge >= 0.3 is 0 Å². The van der Waals surface area contributed by atoms with E-state index in [-0.39, 0.29) is 10.7 Å². The van der Waals surface area contributed by atoms with Crippen LogP contribution in [0.5, 0.6) is 0 Å². The van der Waals surface area contributed by atoms with E-state index >= 15 is 0 Å². The lowest BCUT2D eigenvalue weighted by Crippen LogP contribution is -2.24. The van der Waals surface area contributed by atoms with E-state index in [0.29, 0.717) is 30.0 Å². The third-order valence-electron chi connectivity index (χ3n) is 2.65. The minimum absolute atomic E-state index is 0.0937. The van der Waals surface area contributed by atoms with Crippen LogP contribution in [0.4, 0.5) is 11.4 Å². The first-order valence-corrected chi connectivity index (χ1v) is 7.65. The highest BCUT2D eigenvalue weighted by Gasteiger charge is 2.19. The van der Waals surface area contributed by atoms with Crippen molar-refractivity contribution in [3.63, 3.8) is 0 Å². The maximum atomic E-state index is 11.8. The number of para-hydroxylation sites is 2. The molecule has 5 heteroatoms. The molecule has 0 fully saturated rings. The number of hydrogen-bond acceptors (Lipinski definition) is 3. The standard InChI is InChI=1S/C14H22N2O2S/c1-14(2,3)19(18)10-6-9-13(17)16-12-8-5-4-7-11(12)15/h4-5,7-8H,6,9-10,15H2,1-3H3,(H,16,17). The third kappa shape index (κ3) is 5.42.